The van der Waals surface area contributed by atoms with Crippen LogP contribution in [0.15, 0.2) is 42.5 Å². The molecular weight excluding hydrogens is 397 g/mol. The van der Waals surface area contributed by atoms with Crippen molar-refractivity contribution in [1.29, 1.82) is 0 Å². The van der Waals surface area contributed by atoms with Gasteiger partial charge < -0.3 is 15.0 Å². The van der Waals surface area contributed by atoms with E-state index in [1.54, 1.807) is 31.2 Å². The van der Waals surface area contributed by atoms with E-state index in [1.807, 2.05) is 0 Å². The fourth-order valence-corrected chi connectivity index (χ4v) is 2.66. The number of alkyl halides is 3. The van der Waals surface area contributed by atoms with Crippen LogP contribution >= 0.6 is 11.6 Å². The quantitative estimate of drug-likeness (QED) is 0.758. The van der Waals surface area contributed by atoms with Gasteiger partial charge in [0.15, 0.2) is 0 Å². The zero-order valence-electron chi connectivity index (χ0n) is 15.1. The van der Waals surface area contributed by atoms with Crippen molar-refractivity contribution in [3.8, 4) is 5.75 Å². The molecule has 150 valence electrons. The smallest absolute Gasteiger partial charge is 0.417 e. The van der Waals surface area contributed by atoms with E-state index in [0.717, 1.165) is 17.0 Å². The molecule has 0 aliphatic carbocycles. The Bertz CT molecular complexity index is 872. The Labute approximate surface area is 165 Å². The molecule has 0 aliphatic heterocycles. The van der Waals surface area contributed by atoms with Crippen LogP contribution in [0.25, 0.3) is 0 Å². The molecule has 0 heterocycles. The maximum absolute atomic E-state index is 12.9. The molecule has 9 heteroatoms. The van der Waals surface area contributed by atoms with Gasteiger partial charge in [-0.05, 0) is 37.3 Å². The largest absolute Gasteiger partial charge is 0.493 e. The number of nitrogens with zero attached hydrogens (tertiary/aromatic N) is 1. The predicted molar refractivity (Wildman–Crippen MR) is 99.7 cm³/mol. The Morgan fingerprint density at radius 3 is 2.50 bits per heavy atom. The second-order valence-electron chi connectivity index (χ2n) is 5.83. The third kappa shape index (κ3) is 5.39. The number of carbonyl (C=O) groups is 2. The van der Waals surface area contributed by atoms with Crippen molar-refractivity contribution in [2.75, 3.05) is 25.5 Å². The summed E-state index contributed by atoms with van der Waals surface area (Å²) < 4.78 is 44.1. The molecule has 0 saturated carbocycles. The highest BCUT2D eigenvalue weighted by atomic mass is 35.5. The number of benzene rings is 2. The number of amides is 2. The Morgan fingerprint density at radius 1 is 1.18 bits per heavy atom. The van der Waals surface area contributed by atoms with Crippen LogP contribution in [0.1, 0.15) is 22.8 Å². The van der Waals surface area contributed by atoms with Crippen molar-refractivity contribution in [3.05, 3.63) is 58.6 Å². The summed E-state index contributed by atoms with van der Waals surface area (Å²) in [6.45, 7) is 1.79. The molecule has 0 atom stereocenters. The van der Waals surface area contributed by atoms with Gasteiger partial charge in [0.25, 0.3) is 5.91 Å². The molecule has 2 aromatic rings. The summed E-state index contributed by atoms with van der Waals surface area (Å²) >= 11 is 5.55. The van der Waals surface area contributed by atoms with Crippen molar-refractivity contribution in [2.24, 2.45) is 0 Å². The van der Waals surface area contributed by atoms with E-state index in [4.69, 9.17) is 16.3 Å². The number of hydrogen-bond acceptors (Lipinski definition) is 3. The number of ether oxygens (including phenoxy) is 1. The first-order valence-corrected chi connectivity index (χ1v) is 8.65. The van der Waals surface area contributed by atoms with Gasteiger partial charge in [-0.25, -0.2) is 0 Å². The SMILES string of the molecule is CCOc1ccccc1C(=O)N(C)CC(=O)Nc1ccc(Cl)c(C(F)(F)F)c1. The summed E-state index contributed by atoms with van der Waals surface area (Å²) in [6.07, 6.45) is -4.65. The van der Waals surface area contributed by atoms with Crippen molar-refractivity contribution < 1.29 is 27.5 Å². The van der Waals surface area contributed by atoms with Gasteiger partial charge >= 0.3 is 6.18 Å². The first kappa shape index (κ1) is 21.6. The van der Waals surface area contributed by atoms with Gasteiger partial charge in [0.1, 0.15) is 5.75 Å². The van der Waals surface area contributed by atoms with E-state index in [1.165, 1.54) is 13.1 Å². The topological polar surface area (TPSA) is 58.6 Å². The van der Waals surface area contributed by atoms with Gasteiger partial charge in [-0.2, -0.15) is 13.2 Å². The number of halogens is 4. The lowest BCUT2D eigenvalue weighted by Gasteiger charge is -2.19. The molecule has 0 fully saturated rings. The molecule has 0 bridgehead atoms. The second-order valence-corrected chi connectivity index (χ2v) is 6.24. The summed E-state index contributed by atoms with van der Waals surface area (Å²) in [5.74, 6) is -0.721. The third-order valence-corrected chi connectivity index (χ3v) is 4.03. The highest BCUT2D eigenvalue weighted by Gasteiger charge is 2.33. The molecule has 2 aromatic carbocycles. The van der Waals surface area contributed by atoms with E-state index in [2.05, 4.69) is 5.32 Å². The molecular formula is C19H18ClF3N2O3. The van der Waals surface area contributed by atoms with E-state index >= 15 is 0 Å². The number of para-hydroxylation sites is 1. The molecule has 2 rings (SSSR count). The Hall–Kier alpha value is -2.74. The Kier molecular flexibility index (Phi) is 6.90. The molecule has 2 amide bonds. The highest BCUT2D eigenvalue weighted by Crippen LogP contribution is 2.36. The fraction of sp³-hybridized carbons (Fsp3) is 0.263. The average molecular weight is 415 g/mol. The van der Waals surface area contributed by atoms with Crippen LogP contribution in [0, 0.1) is 0 Å². The maximum Gasteiger partial charge on any atom is 0.417 e. The van der Waals surface area contributed by atoms with Gasteiger partial charge in [-0.1, -0.05) is 23.7 Å². The number of hydrogen-bond donors (Lipinski definition) is 1. The first-order valence-electron chi connectivity index (χ1n) is 8.27. The van der Waals surface area contributed by atoms with E-state index in [9.17, 15) is 22.8 Å². The summed E-state index contributed by atoms with van der Waals surface area (Å²) in [5, 5.41) is 1.87. The first-order chi connectivity index (χ1) is 13.1. The van der Waals surface area contributed by atoms with Crippen LogP contribution < -0.4 is 10.1 Å². The molecule has 1 N–H and O–H groups in total. The monoisotopic (exact) mass is 414 g/mol. The van der Waals surface area contributed by atoms with Crippen LogP contribution in [0.3, 0.4) is 0 Å². The van der Waals surface area contributed by atoms with Crippen molar-refractivity contribution in [2.45, 2.75) is 13.1 Å². The zero-order chi connectivity index (χ0) is 20.9. The van der Waals surface area contributed by atoms with E-state index in [0.29, 0.717) is 12.4 Å². The predicted octanol–water partition coefficient (Wildman–Crippen LogP) is 4.47. The number of carbonyl (C=O) groups excluding carboxylic acids is 2. The third-order valence-electron chi connectivity index (χ3n) is 3.70. The summed E-state index contributed by atoms with van der Waals surface area (Å²) in [5.41, 5.74) is -0.843. The molecule has 0 spiro atoms. The van der Waals surface area contributed by atoms with Gasteiger partial charge in [0.2, 0.25) is 5.91 Å². The second kappa shape index (κ2) is 8.97. The van der Waals surface area contributed by atoms with Crippen LogP contribution in [0.2, 0.25) is 5.02 Å². The van der Waals surface area contributed by atoms with Crippen LogP contribution in [-0.4, -0.2) is 36.9 Å². The van der Waals surface area contributed by atoms with Gasteiger partial charge in [0.05, 0.1) is 29.3 Å². The van der Waals surface area contributed by atoms with Crippen molar-refractivity contribution in [1.82, 2.24) is 4.90 Å². The highest BCUT2D eigenvalue weighted by molar-refractivity contribution is 6.31. The number of anilines is 1. The number of likely N-dealkylation sites (N-methyl/N-ethyl adjacent to an activating group) is 1. The molecule has 0 unspecified atom stereocenters. The van der Waals surface area contributed by atoms with Gasteiger partial charge in [-0.3, -0.25) is 9.59 Å². The van der Waals surface area contributed by atoms with Crippen molar-refractivity contribution >= 4 is 29.1 Å². The molecule has 0 aliphatic rings. The lowest BCUT2D eigenvalue weighted by molar-refractivity contribution is -0.137. The Balaban J connectivity index is 2.08. The van der Waals surface area contributed by atoms with Crippen LogP contribution in [0.4, 0.5) is 18.9 Å². The number of rotatable bonds is 6. The van der Waals surface area contributed by atoms with Crippen LogP contribution in [-0.2, 0) is 11.0 Å². The average Bonchev–Trinajstić information content (AvgIpc) is 2.62. The molecule has 0 radical (unpaired) electrons. The van der Waals surface area contributed by atoms with E-state index in [-0.39, 0.29) is 17.8 Å². The molecule has 5 nitrogen and oxygen atoms in total. The standard InChI is InChI=1S/C19H18ClF3N2O3/c1-3-28-16-7-5-4-6-13(16)18(27)25(2)11-17(26)24-12-8-9-15(20)14(10-12)19(21,22)23/h4-10H,3,11H2,1-2H3,(H,24,26). The Morgan fingerprint density at radius 2 is 1.86 bits per heavy atom. The minimum Gasteiger partial charge on any atom is -0.493 e. The number of nitrogens with one attached hydrogen (secondary N) is 1. The minimum absolute atomic E-state index is 0.0720. The molecule has 0 aromatic heterocycles. The normalized spacial score (nSPS) is 11.1. The maximum atomic E-state index is 12.9. The summed E-state index contributed by atoms with van der Waals surface area (Å²) in [4.78, 5) is 25.9. The van der Waals surface area contributed by atoms with Gasteiger partial charge in [0, 0.05) is 12.7 Å². The fourth-order valence-electron chi connectivity index (χ4n) is 2.44. The zero-order valence-corrected chi connectivity index (χ0v) is 15.9. The lowest BCUT2D eigenvalue weighted by Crippen LogP contribution is -2.35. The summed E-state index contributed by atoms with van der Waals surface area (Å²) in [7, 11) is 1.41. The van der Waals surface area contributed by atoms with Crippen LogP contribution in [0.5, 0.6) is 5.75 Å². The van der Waals surface area contributed by atoms with Gasteiger partial charge in [-0.15, -0.1) is 0 Å². The summed E-state index contributed by atoms with van der Waals surface area (Å²) in [6, 6.07) is 9.62. The molecule has 28 heavy (non-hydrogen) atoms. The van der Waals surface area contributed by atoms with Crippen molar-refractivity contribution in [3.63, 3.8) is 0 Å². The minimum atomic E-state index is -4.65. The van der Waals surface area contributed by atoms with E-state index < -0.39 is 28.6 Å². The molecule has 0 saturated heterocycles. The lowest BCUT2D eigenvalue weighted by atomic mass is 10.1.